The van der Waals surface area contributed by atoms with Gasteiger partial charge in [-0.05, 0) is 50.0 Å². The predicted octanol–water partition coefficient (Wildman–Crippen LogP) is 4.53. The first kappa shape index (κ1) is 21.7. The number of methoxy groups -OCH3 is 1. The lowest BCUT2D eigenvalue weighted by molar-refractivity contribution is -0.114. The molecule has 0 spiro atoms. The molecule has 0 saturated carbocycles. The maximum absolute atomic E-state index is 11.6. The van der Waals surface area contributed by atoms with E-state index in [2.05, 4.69) is 30.5 Å². The minimum Gasteiger partial charge on any atom is -0.494 e. The molecule has 2 aromatic heterocycles. The fourth-order valence-corrected chi connectivity index (χ4v) is 4.07. The maximum atomic E-state index is 11.6. The predicted molar refractivity (Wildman–Crippen MR) is 129 cm³/mol. The summed E-state index contributed by atoms with van der Waals surface area (Å²) in [6.07, 6.45) is 3.54. The summed E-state index contributed by atoms with van der Waals surface area (Å²) in [6, 6.07) is 9.77. The normalized spacial score (nSPS) is 11.0. The number of nitrogens with zero attached hydrogens (tertiary/aromatic N) is 4. The highest BCUT2D eigenvalue weighted by Crippen LogP contribution is 2.33. The van der Waals surface area contributed by atoms with Crippen LogP contribution in [-0.2, 0) is 11.3 Å². The summed E-state index contributed by atoms with van der Waals surface area (Å²) >= 11 is 1.57. The van der Waals surface area contributed by atoms with Crippen LogP contribution in [0, 0.1) is 0 Å². The average Bonchev–Trinajstić information content (AvgIpc) is 3.27. The van der Waals surface area contributed by atoms with Crippen LogP contribution in [0.1, 0.15) is 12.5 Å². The van der Waals surface area contributed by atoms with Crippen LogP contribution in [0.2, 0.25) is 0 Å². The third-order valence-electron chi connectivity index (χ3n) is 4.62. The third kappa shape index (κ3) is 5.01. The minimum atomic E-state index is -0.124. The van der Waals surface area contributed by atoms with Crippen molar-refractivity contribution in [2.24, 2.45) is 0 Å². The Labute approximate surface area is 190 Å². The minimum absolute atomic E-state index is 0.124. The average molecular weight is 449 g/mol. The second-order valence-corrected chi connectivity index (χ2v) is 8.50. The fourth-order valence-electron chi connectivity index (χ4n) is 3.44. The summed E-state index contributed by atoms with van der Waals surface area (Å²) < 4.78 is 5.60. The Kier molecular flexibility index (Phi) is 6.29. The molecule has 0 atom stereocenters. The van der Waals surface area contributed by atoms with Crippen LogP contribution >= 0.6 is 11.3 Å². The van der Waals surface area contributed by atoms with Crippen molar-refractivity contribution in [2.75, 3.05) is 31.8 Å². The quantitative estimate of drug-likeness (QED) is 0.429. The Morgan fingerprint density at radius 1 is 1.12 bits per heavy atom. The fraction of sp³-hybridized carbons (Fsp3) is 0.217. The first-order chi connectivity index (χ1) is 15.4. The molecular weight excluding hydrogens is 424 g/mol. The van der Waals surface area contributed by atoms with Gasteiger partial charge in [0.05, 0.1) is 7.11 Å². The van der Waals surface area contributed by atoms with Crippen molar-refractivity contribution >= 4 is 45.5 Å². The highest BCUT2D eigenvalue weighted by atomic mass is 32.1. The van der Waals surface area contributed by atoms with Crippen LogP contribution in [0.3, 0.4) is 0 Å². The molecule has 164 valence electrons. The van der Waals surface area contributed by atoms with Gasteiger partial charge in [0.25, 0.3) is 0 Å². The molecule has 1 amide bonds. The van der Waals surface area contributed by atoms with Gasteiger partial charge in [0.2, 0.25) is 11.9 Å². The van der Waals surface area contributed by atoms with Gasteiger partial charge in [-0.1, -0.05) is 0 Å². The van der Waals surface area contributed by atoms with E-state index >= 15 is 0 Å². The monoisotopic (exact) mass is 448 g/mol. The summed E-state index contributed by atoms with van der Waals surface area (Å²) in [5.74, 6) is 0.965. The van der Waals surface area contributed by atoms with Crippen molar-refractivity contribution in [3.63, 3.8) is 0 Å². The van der Waals surface area contributed by atoms with Crippen molar-refractivity contribution in [2.45, 2.75) is 13.5 Å². The van der Waals surface area contributed by atoms with Gasteiger partial charge in [0, 0.05) is 53.6 Å². The van der Waals surface area contributed by atoms with Crippen molar-refractivity contribution in [1.29, 1.82) is 0 Å². The van der Waals surface area contributed by atoms with Gasteiger partial charge >= 0.3 is 0 Å². The number of fused-ring (bicyclic) bond motifs is 1. The summed E-state index contributed by atoms with van der Waals surface area (Å²) in [5, 5.41) is 9.82. The largest absolute Gasteiger partial charge is 0.494 e. The zero-order chi connectivity index (χ0) is 22.7. The van der Waals surface area contributed by atoms with Crippen molar-refractivity contribution in [1.82, 2.24) is 19.9 Å². The molecule has 0 radical (unpaired) electrons. The van der Waals surface area contributed by atoms with Gasteiger partial charge in [0.1, 0.15) is 16.3 Å². The Morgan fingerprint density at radius 3 is 2.62 bits per heavy atom. The standard InChI is InChI=1S/C23H24N6O2S/c1-14(30)26-18-7-15(13-29(2)3)8-19(11-18)27-23-25-12-17-9-16(22-24-5-6-32-22)10-20(31-4)21(17)28-23/h5-12H,13H2,1-4H3,(H,26,30)(H,25,27,28). The molecule has 2 N–H and O–H groups in total. The molecule has 2 aromatic carbocycles. The second-order valence-electron chi connectivity index (χ2n) is 7.61. The first-order valence-corrected chi connectivity index (χ1v) is 10.9. The number of anilines is 3. The number of hydrogen-bond donors (Lipinski definition) is 2. The van der Waals surface area contributed by atoms with E-state index in [1.54, 1.807) is 30.8 Å². The van der Waals surface area contributed by atoms with E-state index < -0.39 is 0 Å². The second kappa shape index (κ2) is 9.29. The van der Waals surface area contributed by atoms with Crippen LogP contribution in [0.25, 0.3) is 21.5 Å². The lowest BCUT2D eigenvalue weighted by atomic mass is 10.1. The molecule has 0 saturated heterocycles. The molecule has 2 heterocycles. The lowest BCUT2D eigenvalue weighted by Crippen LogP contribution is -2.12. The number of carbonyl (C=O) groups excluding carboxylic acids is 1. The van der Waals surface area contributed by atoms with Crippen molar-refractivity contribution in [3.05, 3.63) is 53.7 Å². The number of rotatable bonds is 7. The number of nitrogens with one attached hydrogen (secondary N) is 2. The molecule has 8 nitrogen and oxygen atoms in total. The third-order valence-corrected chi connectivity index (χ3v) is 5.44. The number of thiazole rings is 1. The van der Waals surface area contributed by atoms with E-state index in [-0.39, 0.29) is 5.91 Å². The van der Waals surface area contributed by atoms with E-state index in [1.807, 2.05) is 49.8 Å². The van der Waals surface area contributed by atoms with Crippen LogP contribution in [0.15, 0.2) is 48.1 Å². The molecule has 4 rings (SSSR count). The van der Waals surface area contributed by atoms with Gasteiger partial charge < -0.3 is 20.3 Å². The molecule has 0 bridgehead atoms. The van der Waals surface area contributed by atoms with E-state index in [4.69, 9.17) is 4.74 Å². The summed E-state index contributed by atoms with van der Waals surface area (Å²) in [5.41, 5.74) is 4.22. The van der Waals surface area contributed by atoms with E-state index in [0.29, 0.717) is 22.9 Å². The molecule has 0 fully saturated rings. The molecule has 0 aliphatic heterocycles. The van der Waals surface area contributed by atoms with E-state index in [9.17, 15) is 4.79 Å². The van der Waals surface area contributed by atoms with Crippen LogP contribution < -0.4 is 15.4 Å². The Bertz CT molecular complexity index is 1260. The smallest absolute Gasteiger partial charge is 0.227 e. The number of aromatic nitrogens is 3. The lowest BCUT2D eigenvalue weighted by Gasteiger charge is -2.15. The van der Waals surface area contributed by atoms with Gasteiger partial charge in [0.15, 0.2) is 0 Å². The van der Waals surface area contributed by atoms with Gasteiger partial charge in [-0.25, -0.2) is 15.0 Å². The summed E-state index contributed by atoms with van der Waals surface area (Å²) in [4.78, 5) is 27.2. The van der Waals surface area contributed by atoms with Gasteiger partial charge in [-0.15, -0.1) is 11.3 Å². The number of hydrogen-bond acceptors (Lipinski definition) is 8. The number of benzene rings is 2. The molecule has 32 heavy (non-hydrogen) atoms. The molecular formula is C23H24N6O2S. The zero-order valence-corrected chi connectivity index (χ0v) is 19.2. The topological polar surface area (TPSA) is 92.3 Å². The molecule has 0 aliphatic rings. The van der Waals surface area contributed by atoms with Crippen molar-refractivity contribution in [3.8, 4) is 16.3 Å². The first-order valence-electron chi connectivity index (χ1n) is 9.99. The van der Waals surface area contributed by atoms with E-state index in [1.165, 1.54) is 6.92 Å². The van der Waals surface area contributed by atoms with Crippen LogP contribution in [0.4, 0.5) is 17.3 Å². The van der Waals surface area contributed by atoms with Crippen molar-refractivity contribution < 1.29 is 9.53 Å². The Morgan fingerprint density at radius 2 is 1.94 bits per heavy atom. The summed E-state index contributed by atoms with van der Waals surface area (Å²) in [7, 11) is 5.62. The Balaban J connectivity index is 1.69. The van der Waals surface area contributed by atoms with Gasteiger partial charge in [-0.2, -0.15) is 0 Å². The van der Waals surface area contributed by atoms with Crippen LogP contribution in [0.5, 0.6) is 5.75 Å². The molecule has 9 heteroatoms. The number of carbonyl (C=O) groups is 1. The van der Waals surface area contributed by atoms with Crippen LogP contribution in [-0.4, -0.2) is 47.0 Å². The molecule has 0 aliphatic carbocycles. The maximum Gasteiger partial charge on any atom is 0.227 e. The number of amides is 1. The molecule has 0 unspecified atom stereocenters. The molecule has 4 aromatic rings. The van der Waals surface area contributed by atoms with E-state index in [0.717, 1.165) is 33.8 Å². The highest BCUT2D eigenvalue weighted by Gasteiger charge is 2.12. The Hall–Kier alpha value is -3.56. The SMILES string of the molecule is COc1cc(-c2nccs2)cc2cnc(Nc3cc(CN(C)C)cc(NC(C)=O)c3)nc12. The number of ether oxygens (including phenoxy) is 1. The van der Waals surface area contributed by atoms with Gasteiger partial charge in [-0.3, -0.25) is 4.79 Å². The highest BCUT2D eigenvalue weighted by molar-refractivity contribution is 7.13. The summed E-state index contributed by atoms with van der Waals surface area (Å²) in [6.45, 7) is 2.22. The zero-order valence-electron chi connectivity index (χ0n) is 18.3.